The Labute approximate surface area is 126 Å². The highest BCUT2D eigenvalue weighted by Gasteiger charge is 2.33. The van der Waals surface area contributed by atoms with Crippen LogP contribution >= 0.6 is 0 Å². The average Bonchev–Trinajstić information content (AvgIpc) is 2.69. The average molecular weight is 291 g/mol. The van der Waals surface area contributed by atoms with Crippen LogP contribution in [0.5, 0.6) is 0 Å². The van der Waals surface area contributed by atoms with Gasteiger partial charge in [-0.05, 0) is 45.4 Å². The summed E-state index contributed by atoms with van der Waals surface area (Å²) < 4.78 is 0. The first kappa shape index (κ1) is 15.9. The molecule has 21 heavy (non-hydrogen) atoms. The van der Waals surface area contributed by atoms with Crippen molar-refractivity contribution < 1.29 is 4.92 Å². The molecule has 2 atom stereocenters. The lowest BCUT2D eigenvalue weighted by Gasteiger charge is -2.34. The molecule has 0 amide bonds. The number of nitrogens with zero attached hydrogens (tertiary/aromatic N) is 2. The maximum absolute atomic E-state index is 11.4. The van der Waals surface area contributed by atoms with E-state index in [1.54, 1.807) is 12.1 Å². The van der Waals surface area contributed by atoms with Crippen LogP contribution in [0.3, 0.4) is 0 Å². The Balaban J connectivity index is 2.44. The van der Waals surface area contributed by atoms with E-state index < -0.39 is 0 Å². The van der Waals surface area contributed by atoms with Gasteiger partial charge in [0.1, 0.15) is 0 Å². The molecule has 5 nitrogen and oxygen atoms in total. The van der Waals surface area contributed by atoms with Gasteiger partial charge >= 0.3 is 0 Å². The maximum atomic E-state index is 11.4. The van der Waals surface area contributed by atoms with Gasteiger partial charge in [0.2, 0.25) is 0 Å². The first-order valence-electron chi connectivity index (χ1n) is 7.81. The number of nitro benzene ring substituents is 1. The van der Waals surface area contributed by atoms with Crippen LogP contribution in [0.4, 0.5) is 5.69 Å². The van der Waals surface area contributed by atoms with Gasteiger partial charge in [-0.1, -0.05) is 31.5 Å². The van der Waals surface area contributed by atoms with Gasteiger partial charge in [0.15, 0.2) is 0 Å². The van der Waals surface area contributed by atoms with Gasteiger partial charge in [-0.25, -0.2) is 0 Å². The van der Waals surface area contributed by atoms with Gasteiger partial charge in [0.25, 0.3) is 5.69 Å². The summed E-state index contributed by atoms with van der Waals surface area (Å²) in [5.74, 6) is 0.415. The van der Waals surface area contributed by atoms with Gasteiger partial charge in [0.05, 0.1) is 4.92 Å². The zero-order valence-corrected chi connectivity index (χ0v) is 12.9. The Morgan fingerprint density at radius 1 is 1.38 bits per heavy atom. The third-order valence-electron chi connectivity index (χ3n) is 4.43. The van der Waals surface area contributed by atoms with Crippen LogP contribution in [0.1, 0.15) is 37.8 Å². The summed E-state index contributed by atoms with van der Waals surface area (Å²) in [7, 11) is 1.96. The first-order valence-corrected chi connectivity index (χ1v) is 7.81. The van der Waals surface area contributed by atoms with Crippen LogP contribution < -0.4 is 5.32 Å². The third-order valence-corrected chi connectivity index (χ3v) is 4.43. The Bertz CT molecular complexity index is 478. The highest BCUT2D eigenvalue weighted by Crippen LogP contribution is 2.38. The number of nitro groups is 1. The summed E-state index contributed by atoms with van der Waals surface area (Å²) in [6.07, 6.45) is 3.49. The minimum absolute atomic E-state index is 0.131. The van der Waals surface area contributed by atoms with Crippen molar-refractivity contribution in [1.29, 1.82) is 0 Å². The van der Waals surface area contributed by atoms with E-state index in [0.717, 1.165) is 31.6 Å². The predicted molar refractivity (Wildman–Crippen MR) is 84.4 cm³/mol. The smallest absolute Gasteiger partial charge is 0.274 e. The topological polar surface area (TPSA) is 58.4 Å². The molecule has 0 aliphatic carbocycles. The fourth-order valence-electron chi connectivity index (χ4n) is 3.50. The highest BCUT2D eigenvalue weighted by atomic mass is 16.6. The van der Waals surface area contributed by atoms with Crippen molar-refractivity contribution in [3.05, 3.63) is 39.9 Å². The zero-order chi connectivity index (χ0) is 15.2. The van der Waals surface area contributed by atoms with Crippen molar-refractivity contribution in [2.75, 3.05) is 26.7 Å². The standard InChI is InChI=1S/C16H25N3O2/c1-3-18-11-7-6-8-13(12-17-2)16(18)14-9-4-5-10-15(14)19(20)21/h4-5,9-10,13,16-17H,3,6-8,11-12H2,1-2H3. The number of hydrogen-bond donors (Lipinski definition) is 1. The summed E-state index contributed by atoms with van der Waals surface area (Å²) in [6, 6.07) is 7.36. The van der Waals surface area contributed by atoms with E-state index in [0.29, 0.717) is 5.92 Å². The van der Waals surface area contributed by atoms with Crippen LogP contribution in [0.25, 0.3) is 0 Å². The molecule has 1 aromatic rings. The molecule has 0 bridgehead atoms. The van der Waals surface area contributed by atoms with Crippen molar-refractivity contribution in [3.63, 3.8) is 0 Å². The van der Waals surface area contributed by atoms with Crippen LogP contribution in [0, 0.1) is 16.0 Å². The number of hydrogen-bond acceptors (Lipinski definition) is 4. The molecule has 0 radical (unpaired) electrons. The summed E-state index contributed by atoms with van der Waals surface area (Å²) in [4.78, 5) is 13.5. The van der Waals surface area contributed by atoms with Gasteiger partial charge in [-0.15, -0.1) is 0 Å². The summed E-state index contributed by atoms with van der Waals surface area (Å²) in [6.45, 7) is 4.99. The van der Waals surface area contributed by atoms with Crippen molar-refractivity contribution in [2.45, 2.75) is 32.2 Å². The second-order valence-corrected chi connectivity index (χ2v) is 5.70. The lowest BCUT2D eigenvalue weighted by atomic mass is 9.88. The van der Waals surface area contributed by atoms with Gasteiger partial charge in [-0.2, -0.15) is 0 Å². The monoisotopic (exact) mass is 291 g/mol. The van der Waals surface area contributed by atoms with E-state index in [1.165, 1.54) is 12.8 Å². The van der Waals surface area contributed by atoms with Gasteiger partial charge < -0.3 is 5.32 Å². The largest absolute Gasteiger partial charge is 0.319 e. The maximum Gasteiger partial charge on any atom is 0.274 e. The number of likely N-dealkylation sites (tertiary alicyclic amines) is 1. The molecule has 1 aliphatic heterocycles. The molecule has 0 spiro atoms. The van der Waals surface area contributed by atoms with Crippen LogP contribution in [0.2, 0.25) is 0 Å². The third kappa shape index (κ3) is 3.60. The number of nitrogens with one attached hydrogen (secondary N) is 1. The fraction of sp³-hybridized carbons (Fsp3) is 0.625. The molecule has 1 fully saturated rings. The number of para-hydroxylation sites is 1. The molecule has 1 aromatic carbocycles. The molecule has 2 rings (SSSR count). The Morgan fingerprint density at radius 2 is 2.14 bits per heavy atom. The van der Waals surface area contributed by atoms with Gasteiger partial charge in [0, 0.05) is 17.7 Å². The molecule has 1 saturated heterocycles. The quantitative estimate of drug-likeness (QED) is 0.669. The predicted octanol–water partition coefficient (Wildman–Crippen LogP) is 2.98. The van der Waals surface area contributed by atoms with E-state index in [-0.39, 0.29) is 16.7 Å². The molecule has 0 saturated carbocycles. The number of benzene rings is 1. The summed E-state index contributed by atoms with van der Waals surface area (Å²) in [5, 5.41) is 14.6. The van der Waals surface area contributed by atoms with Gasteiger partial charge in [-0.3, -0.25) is 15.0 Å². The van der Waals surface area contributed by atoms with E-state index in [4.69, 9.17) is 0 Å². The molecule has 1 N–H and O–H groups in total. The fourth-order valence-corrected chi connectivity index (χ4v) is 3.50. The molecule has 2 unspecified atom stereocenters. The molecule has 1 aliphatic rings. The number of rotatable bonds is 5. The van der Waals surface area contributed by atoms with Crippen molar-refractivity contribution in [3.8, 4) is 0 Å². The normalized spacial score (nSPS) is 23.7. The van der Waals surface area contributed by atoms with E-state index in [9.17, 15) is 10.1 Å². The molecule has 116 valence electrons. The summed E-state index contributed by atoms with van der Waals surface area (Å²) >= 11 is 0. The summed E-state index contributed by atoms with van der Waals surface area (Å²) in [5.41, 5.74) is 1.12. The van der Waals surface area contributed by atoms with Crippen LogP contribution in [-0.2, 0) is 0 Å². The lowest BCUT2D eigenvalue weighted by Crippen LogP contribution is -2.36. The minimum atomic E-state index is -0.246. The molecule has 5 heteroatoms. The second kappa shape index (κ2) is 7.52. The molecule has 1 heterocycles. The molecule has 0 aromatic heterocycles. The Hall–Kier alpha value is -1.46. The zero-order valence-electron chi connectivity index (χ0n) is 12.9. The van der Waals surface area contributed by atoms with Crippen molar-refractivity contribution >= 4 is 5.69 Å². The van der Waals surface area contributed by atoms with E-state index >= 15 is 0 Å². The second-order valence-electron chi connectivity index (χ2n) is 5.70. The first-order chi connectivity index (χ1) is 10.2. The van der Waals surface area contributed by atoms with E-state index in [1.807, 2.05) is 19.2 Å². The Kier molecular flexibility index (Phi) is 5.70. The SMILES string of the molecule is CCN1CCCCC(CNC)C1c1ccccc1[N+](=O)[O-]. The van der Waals surface area contributed by atoms with Crippen LogP contribution in [-0.4, -0.2) is 36.5 Å². The highest BCUT2D eigenvalue weighted by molar-refractivity contribution is 5.42. The lowest BCUT2D eigenvalue weighted by molar-refractivity contribution is -0.386. The van der Waals surface area contributed by atoms with Crippen molar-refractivity contribution in [1.82, 2.24) is 10.2 Å². The molecular weight excluding hydrogens is 266 g/mol. The Morgan fingerprint density at radius 3 is 2.81 bits per heavy atom. The molecular formula is C16H25N3O2. The van der Waals surface area contributed by atoms with Crippen LogP contribution in [0.15, 0.2) is 24.3 Å². The van der Waals surface area contributed by atoms with Crippen molar-refractivity contribution in [2.24, 2.45) is 5.92 Å². The minimum Gasteiger partial charge on any atom is -0.319 e. The van der Waals surface area contributed by atoms with E-state index in [2.05, 4.69) is 17.1 Å².